The maximum Gasteiger partial charge on any atom is 0.333 e. The van der Waals surface area contributed by atoms with Gasteiger partial charge in [0.1, 0.15) is 11.9 Å². The van der Waals surface area contributed by atoms with Crippen molar-refractivity contribution in [2.45, 2.75) is 83.8 Å². The molecule has 8 atom stereocenters. The van der Waals surface area contributed by atoms with E-state index in [1.807, 2.05) is 27.7 Å². The molecule has 2 N–H and O–H groups in total. The largest absolute Gasteiger partial charge is 0.481 e. The molecule has 210 valence electrons. The molecule has 1 unspecified atom stereocenters. The zero-order valence-corrected chi connectivity index (χ0v) is 23.4. The van der Waals surface area contributed by atoms with Gasteiger partial charge in [-0.25, -0.2) is 4.79 Å². The fourth-order valence-corrected chi connectivity index (χ4v) is 8.43. The number of rotatable bonds is 6. The minimum absolute atomic E-state index is 0.0382. The Bertz CT molecular complexity index is 1230. The Balaban J connectivity index is 1.68. The highest BCUT2D eigenvalue weighted by Crippen LogP contribution is 2.67. The molecular formula is C28H38O9S. The van der Waals surface area contributed by atoms with Gasteiger partial charge >= 0.3 is 11.9 Å². The Labute approximate surface area is 224 Å². The number of carbonyl (C=O) groups excluding carboxylic acids is 2. The van der Waals surface area contributed by atoms with Crippen molar-refractivity contribution < 1.29 is 41.9 Å². The lowest BCUT2D eigenvalue weighted by molar-refractivity contribution is -0.217. The third kappa shape index (κ3) is 4.38. The van der Waals surface area contributed by atoms with Crippen LogP contribution < -0.4 is 0 Å². The van der Waals surface area contributed by atoms with Crippen molar-refractivity contribution >= 4 is 27.8 Å². The monoisotopic (exact) mass is 550 g/mol. The second-order valence-electron chi connectivity index (χ2n) is 12.1. The number of aliphatic hydroxyl groups excluding tert-OH is 1. The Morgan fingerprint density at radius 1 is 1.11 bits per heavy atom. The summed E-state index contributed by atoms with van der Waals surface area (Å²) in [5.74, 6) is -3.21. The summed E-state index contributed by atoms with van der Waals surface area (Å²) in [4.78, 5) is 38.9. The van der Waals surface area contributed by atoms with Crippen molar-refractivity contribution in [1.82, 2.24) is 0 Å². The molecule has 3 saturated carbocycles. The van der Waals surface area contributed by atoms with Crippen molar-refractivity contribution in [3.63, 3.8) is 0 Å². The first kappa shape index (κ1) is 28.7. The fraction of sp³-hybridized carbons (Fsp3) is 0.679. The number of carboxylic acids is 1. The number of aryl methyl sites for hydroxylation is 1. The Morgan fingerprint density at radius 2 is 1.74 bits per heavy atom. The fourth-order valence-electron chi connectivity index (χ4n) is 7.57. The lowest BCUT2D eigenvalue weighted by atomic mass is 9.44. The van der Waals surface area contributed by atoms with Gasteiger partial charge in [0.05, 0.1) is 16.4 Å². The summed E-state index contributed by atoms with van der Waals surface area (Å²) >= 11 is 0. The summed E-state index contributed by atoms with van der Waals surface area (Å²) in [6.45, 7) is 8.06. The van der Waals surface area contributed by atoms with Crippen LogP contribution in [0.5, 0.6) is 0 Å². The molecule has 1 aromatic carbocycles. The molecule has 0 aromatic heterocycles. The molecule has 2 bridgehead atoms. The topological polar surface area (TPSA) is 144 Å². The molecule has 1 aromatic rings. The van der Waals surface area contributed by atoms with E-state index >= 15 is 0 Å². The molecule has 0 saturated heterocycles. The summed E-state index contributed by atoms with van der Waals surface area (Å²) in [6, 6.07) is 5.97. The molecule has 38 heavy (non-hydrogen) atoms. The molecule has 3 aliphatic rings. The van der Waals surface area contributed by atoms with Crippen LogP contribution in [0.4, 0.5) is 0 Å². The molecule has 0 radical (unpaired) electrons. The molecule has 9 nitrogen and oxygen atoms in total. The maximum absolute atomic E-state index is 13.4. The average Bonchev–Trinajstić information content (AvgIpc) is 3.21. The summed E-state index contributed by atoms with van der Waals surface area (Å²) in [7, 11) is -4.23. The third-order valence-electron chi connectivity index (χ3n) is 10.2. The van der Waals surface area contributed by atoms with Crippen molar-refractivity contribution in [2.75, 3.05) is 6.61 Å². The first-order valence-corrected chi connectivity index (χ1v) is 14.6. The number of esters is 1. The molecule has 0 spiro atoms. The number of Topliss-reactive ketones (excluding diaryl/α,β-unsaturated/α-hetero) is 1. The Kier molecular flexibility index (Phi) is 7.34. The molecule has 0 aliphatic heterocycles. The van der Waals surface area contributed by atoms with E-state index in [0.717, 1.165) is 12.0 Å². The number of hydrogen-bond donors (Lipinski definition) is 2. The van der Waals surface area contributed by atoms with Crippen molar-refractivity contribution in [1.29, 1.82) is 0 Å². The highest BCUT2D eigenvalue weighted by molar-refractivity contribution is 7.86. The summed E-state index contributed by atoms with van der Waals surface area (Å²) in [6.07, 6.45) is -0.264. The van der Waals surface area contributed by atoms with E-state index in [1.54, 1.807) is 12.1 Å². The van der Waals surface area contributed by atoms with Gasteiger partial charge in [0.25, 0.3) is 10.1 Å². The van der Waals surface area contributed by atoms with Gasteiger partial charge in [-0.3, -0.25) is 13.8 Å². The minimum atomic E-state index is -4.23. The van der Waals surface area contributed by atoms with Crippen LogP contribution in [0.15, 0.2) is 29.2 Å². The molecule has 3 aliphatic carbocycles. The zero-order valence-electron chi connectivity index (χ0n) is 22.6. The quantitative estimate of drug-likeness (QED) is 0.401. The molecule has 10 heteroatoms. The van der Waals surface area contributed by atoms with Gasteiger partial charge in [0, 0.05) is 24.2 Å². The summed E-state index contributed by atoms with van der Waals surface area (Å²) in [5.41, 5.74) is -2.30. The van der Waals surface area contributed by atoms with Crippen LogP contribution in [0.25, 0.3) is 0 Å². The number of aliphatic carboxylic acids is 1. The lowest BCUT2D eigenvalue weighted by Gasteiger charge is -2.61. The van der Waals surface area contributed by atoms with Crippen LogP contribution in [0.3, 0.4) is 0 Å². The van der Waals surface area contributed by atoms with E-state index in [4.69, 9.17) is 8.92 Å². The van der Waals surface area contributed by atoms with Gasteiger partial charge < -0.3 is 14.9 Å². The van der Waals surface area contributed by atoms with E-state index in [-0.39, 0.29) is 23.0 Å². The van der Waals surface area contributed by atoms with Crippen LogP contribution in [-0.4, -0.2) is 55.2 Å². The molecule has 4 rings (SSSR count). The second kappa shape index (κ2) is 9.71. The Hall–Kier alpha value is -2.30. The Morgan fingerprint density at radius 3 is 2.34 bits per heavy atom. The SMILES string of the molecule is Cc1ccc(S(=O)(=O)OCC(=O)O[C@@H]2C[C@](C)(C(=O)O)[C@@H](O)[C@H](C)[C@]34CCC(=O)[C@H]3[C@@]2(C)C(C)CC4)cc1. The number of benzene rings is 1. The second-order valence-corrected chi connectivity index (χ2v) is 13.7. The van der Waals surface area contributed by atoms with Crippen molar-refractivity contribution in [3.05, 3.63) is 29.8 Å². The zero-order chi connectivity index (χ0) is 28.3. The van der Waals surface area contributed by atoms with Gasteiger partial charge in [0.15, 0.2) is 6.61 Å². The maximum atomic E-state index is 13.4. The molecular weight excluding hydrogens is 512 g/mol. The van der Waals surface area contributed by atoms with Crippen LogP contribution in [0.2, 0.25) is 0 Å². The number of ether oxygens (including phenoxy) is 1. The number of hydrogen-bond acceptors (Lipinski definition) is 8. The number of carboxylic acid groups (broad SMARTS) is 1. The predicted octanol–water partition coefficient (Wildman–Crippen LogP) is 3.51. The van der Waals surface area contributed by atoms with E-state index in [0.29, 0.717) is 19.3 Å². The first-order chi connectivity index (χ1) is 17.6. The van der Waals surface area contributed by atoms with Crippen LogP contribution in [-0.2, 0) is 33.4 Å². The van der Waals surface area contributed by atoms with Gasteiger partial charge in [-0.15, -0.1) is 0 Å². The van der Waals surface area contributed by atoms with E-state index < -0.39 is 69.0 Å². The average molecular weight is 551 g/mol. The van der Waals surface area contributed by atoms with Crippen LogP contribution in [0.1, 0.15) is 65.4 Å². The van der Waals surface area contributed by atoms with Gasteiger partial charge in [-0.2, -0.15) is 8.42 Å². The molecule has 3 fully saturated rings. The van der Waals surface area contributed by atoms with E-state index in [1.165, 1.54) is 19.1 Å². The molecule has 0 heterocycles. The van der Waals surface area contributed by atoms with Crippen molar-refractivity contribution in [2.24, 2.45) is 34.0 Å². The third-order valence-corrected chi connectivity index (χ3v) is 11.5. The van der Waals surface area contributed by atoms with E-state index in [9.17, 15) is 33.0 Å². The number of ketones is 1. The first-order valence-electron chi connectivity index (χ1n) is 13.2. The normalized spacial score (nSPS) is 39.1. The standard InChI is InChI=1S/C28H38O9S/c1-16-6-8-19(9-7-16)38(34,35)36-15-22(30)37-21-14-26(4,25(32)33)24(31)18(3)28-12-10-17(2)27(21,5)23(28)20(29)11-13-28/h6-9,17-18,21,23-24,31H,10-15H2,1-5H3,(H,32,33)/t17?,18-,21+,23-,24-,26-,27-,28-/m0/s1. The predicted molar refractivity (Wildman–Crippen MR) is 136 cm³/mol. The lowest BCUT2D eigenvalue weighted by Crippen LogP contribution is -2.64. The van der Waals surface area contributed by atoms with Gasteiger partial charge in [0.2, 0.25) is 0 Å². The smallest absolute Gasteiger partial charge is 0.333 e. The van der Waals surface area contributed by atoms with Crippen LogP contribution in [0, 0.1) is 40.9 Å². The van der Waals surface area contributed by atoms with Gasteiger partial charge in [-0.1, -0.05) is 38.5 Å². The van der Waals surface area contributed by atoms with Crippen LogP contribution >= 0.6 is 0 Å². The van der Waals surface area contributed by atoms with E-state index in [2.05, 4.69) is 0 Å². The highest BCUT2D eigenvalue weighted by atomic mass is 32.2. The van der Waals surface area contributed by atoms with Gasteiger partial charge in [-0.05, 0) is 62.5 Å². The summed E-state index contributed by atoms with van der Waals surface area (Å²) < 4.78 is 36.1. The number of aliphatic hydroxyl groups is 1. The highest BCUT2D eigenvalue weighted by Gasteiger charge is 2.69. The minimum Gasteiger partial charge on any atom is -0.481 e. The molecule has 0 amide bonds. The summed E-state index contributed by atoms with van der Waals surface area (Å²) in [5, 5.41) is 21.7. The number of carbonyl (C=O) groups is 3. The van der Waals surface area contributed by atoms with Crippen molar-refractivity contribution in [3.8, 4) is 0 Å².